The molecule has 0 saturated heterocycles. The Kier molecular flexibility index (Phi) is 7.82. The van der Waals surface area contributed by atoms with E-state index in [9.17, 15) is 18.0 Å². The Hall–Kier alpha value is -3.40. The number of sulfonamides is 1. The van der Waals surface area contributed by atoms with Gasteiger partial charge in [-0.25, -0.2) is 13.2 Å². The highest BCUT2D eigenvalue weighted by molar-refractivity contribution is 7.90. The number of nitrogens with one attached hydrogen (secondary N) is 3. The Balaban J connectivity index is 1.69. The van der Waals surface area contributed by atoms with Crippen LogP contribution < -0.4 is 21.1 Å². The zero-order chi connectivity index (χ0) is 23.0. The van der Waals surface area contributed by atoms with Crippen LogP contribution in [0.5, 0.6) is 0 Å². The van der Waals surface area contributed by atoms with Gasteiger partial charge in [0.15, 0.2) is 0 Å². The highest BCUT2D eigenvalue weighted by Gasteiger charge is 2.20. The van der Waals surface area contributed by atoms with Gasteiger partial charge in [0.25, 0.3) is 10.0 Å². The van der Waals surface area contributed by atoms with Gasteiger partial charge in [0.1, 0.15) is 5.84 Å². The number of amidine groups is 1. The summed E-state index contributed by atoms with van der Waals surface area (Å²) in [4.78, 5) is 28.3. The van der Waals surface area contributed by atoms with Gasteiger partial charge in [-0.3, -0.25) is 14.5 Å². The normalized spacial score (nSPS) is 15.1. The topological polar surface area (TPSA) is 143 Å². The molecule has 2 aromatic rings. The predicted molar refractivity (Wildman–Crippen MR) is 123 cm³/mol. The molecular weight excluding hydrogens is 430 g/mol. The minimum Gasteiger partial charge on any atom is -0.352 e. The lowest BCUT2D eigenvalue weighted by Gasteiger charge is -2.18. The van der Waals surface area contributed by atoms with Crippen molar-refractivity contribution in [1.29, 1.82) is 0 Å². The van der Waals surface area contributed by atoms with Crippen LogP contribution in [-0.2, 0) is 14.8 Å². The minimum atomic E-state index is -3.82. The second-order valence-electron chi connectivity index (χ2n) is 7.50. The highest BCUT2D eigenvalue weighted by Crippen LogP contribution is 2.20. The quantitative estimate of drug-likeness (QED) is 0.507. The molecule has 32 heavy (non-hydrogen) atoms. The molecule has 0 fully saturated rings. The van der Waals surface area contributed by atoms with Crippen molar-refractivity contribution in [3.63, 3.8) is 0 Å². The summed E-state index contributed by atoms with van der Waals surface area (Å²) in [5, 5.41) is 5.25. The number of primary amides is 1. The number of benzene rings is 2. The van der Waals surface area contributed by atoms with Gasteiger partial charge in [0.05, 0.1) is 17.4 Å². The number of rotatable bonds is 7. The number of aliphatic imine (C=N–C) groups is 1. The lowest BCUT2D eigenvalue weighted by Crippen LogP contribution is -2.35. The number of hydrogen-bond acceptors (Lipinski definition) is 5. The van der Waals surface area contributed by atoms with Gasteiger partial charge in [-0.05, 0) is 36.6 Å². The van der Waals surface area contributed by atoms with Crippen molar-refractivity contribution in [2.24, 2.45) is 10.7 Å². The van der Waals surface area contributed by atoms with E-state index in [1.807, 2.05) is 6.07 Å². The summed E-state index contributed by atoms with van der Waals surface area (Å²) in [6, 6.07) is 13.6. The fraction of sp³-hybridized carbons (Fsp3) is 0.318. The van der Waals surface area contributed by atoms with E-state index in [0.29, 0.717) is 24.5 Å². The van der Waals surface area contributed by atoms with E-state index in [2.05, 4.69) is 20.3 Å². The number of anilines is 1. The number of carbonyl (C=O) groups excluding carboxylic acids is 2. The molecule has 2 aromatic carbocycles. The number of amides is 3. The maximum atomic E-state index is 12.8. The van der Waals surface area contributed by atoms with Crippen molar-refractivity contribution >= 4 is 33.5 Å². The molecule has 0 saturated carbocycles. The predicted octanol–water partition coefficient (Wildman–Crippen LogP) is 2.68. The Morgan fingerprint density at radius 3 is 2.56 bits per heavy atom. The molecule has 1 unspecified atom stereocenters. The summed E-state index contributed by atoms with van der Waals surface area (Å²) in [5.74, 6) is 0.0587. The van der Waals surface area contributed by atoms with E-state index in [0.717, 1.165) is 24.8 Å². The van der Waals surface area contributed by atoms with Crippen molar-refractivity contribution in [2.75, 3.05) is 11.9 Å². The summed E-state index contributed by atoms with van der Waals surface area (Å²) in [5.41, 5.74) is 6.30. The standard InChI is InChI=1S/C22H27N5O4S/c23-22(29)26-19(16-8-3-1-4-9-16)15-21(28)25-17-10-7-11-18(14-17)32(30,31)27-20-12-5-2-6-13-24-20/h1,3-4,7-11,14,19H,2,5-6,12-13,15H2,(H,24,27)(H,25,28)(H3,23,26,29). The average Bonchev–Trinajstić information content (AvgIpc) is 3.02. The van der Waals surface area contributed by atoms with Crippen molar-refractivity contribution in [2.45, 2.75) is 43.0 Å². The van der Waals surface area contributed by atoms with Crippen LogP contribution in [0.3, 0.4) is 0 Å². The molecule has 10 heteroatoms. The molecule has 3 amide bonds. The minimum absolute atomic E-state index is 0.0251. The van der Waals surface area contributed by atoms with E-state index >= 15 is 0 Å². The third-order valence-electron chi connectivity index (χ3n) is 4.96. The van der Waals surface area contributed by atoms with Crippen LogP contribution >= 0.6 is 0 Å². The largest absolute Gasteiger partial charge is 0.352 e. The molecule has 3 rings (SSSR count). The van der Waals surface area contributed by atoms with Crippen LogP contribution in [0.25, 0.3) is 0 Å². The monoisotopic (exact) mass is 457 g/mol. The third kappa shape index (κ3) is 6.81. The van der Waals surface area contributed by atoms with E-state index < -0.39 is 28.0 Å². The fourth-order valence-electron chi connectivity index (χ4n) is 3.42. The Morgan fingerprint density at radius 1 is 1.03 bits per heavy atom. The van der Waals surface area contributed by atoms with Gasteiger partial charge in [0, 0.05) is 18.7 Å². The van der Waals surface area contributed by atoms with Crippen molar-refractivity contribution < 1.29 is 18.0 Å². The summed E-state index contributed by atoms with van der Waals surface area (Å²) >= 11 is 0. The number of nitrogens with two attached hydrogens (primary N) is 1. The number of hydrogen-bond donors (Lipinski definition) is 4. The van der Waals surface area contributed by atoms with Gasteiger partial charge < -0.3 is 16.4 Å². The number of urea groups is 1. The lowest BCUT2D eigenvalue weighted by molar-refractivity contribution is -0.116. The second kappa shape index (κ2) is 10.8. The number of nitrogens with zero attached hydrogens (tertiary/aromatic N) is 1. The van der Waals surface area contributed by atoms with Gasteiger partial charge >= 0.3 is 6.03 Å². The average molecular weight is 458 g/mol. The first-order valence-corrected chi connectivity index (χ1v) is 11.9. The maximum Gasteiger partial charge on any atom is 0.312 e. The number of carbonyl (C=O) groups is 2. The van der Waals surface area contributed by atoms with Crippen LogP contribution in [0, 0.1) is 0 Å². The summed E-state index contributed by atoms with van der Waals surface area (Å²) in [6.45, 7) is 0.607. The van der Waals surface area contributed by atoms with Gasteiger partial charge in [-0.15, -0.1) is 0 Å². The molecule has 0 spiro atoms. The molecule has 0 bridgehead atoms. The molecule has 1 atom stereocenters. The molecule has 0 aromatic heterocycles. The summed E-state index contributed by atoms with van der Waals surface area (Å²) in [7, 11) is -3.82. The van der Waals surface area contributed by atoms with Crippen molar-refractivity contribution in [1.82, 2.24) is 10.0 Å². The van der Waals surface area contributed by atoms with Crippen LogP contribution in [-0.4, -0.2) is 32.7 Å². The Morgan fingerprint density at radius 2 is 1.81 bits per heavy atom. The first-order valence-electron chi connectivity index (χ1n) is 10.4. The van der Waals surface area contributed by atoms with E-state index in [4.69, 9.17) is 5.73 Å². The zero-order valence-electron chi connectivity index (χ0n) is 17.6. The maximum absolute atomic E-state index is 12.8. The molecule has 1 aliphatic heterocycles. The fourth-order valence-corrected chi connectivity index (χ4v) is 4.55. The Labute approximate surface area is 187 Å². The highest BCUT2D eigenvalue weighted by atomic mass is 32.2. The van der Waals surface area contributed by atoms with Crippen molar-refractivity contribution in [3.8, 4) is 0 Å². The SMILES string of the molecule is NC(=O)NC(CC(=O)Nc1cccc(S(=O)(=O)NC2=NCCCCC2)c1)c1ccccc1. The molecule has 9 nitrogen and oxygen atoms in total. The lowest BCUT2D eigenvalue weighted by atomic mass is 10.0. The Bertz CT molecular complexity index is 1090. The van der Waals surface area contributed by atoms with Crippen LogP contribution in [0.15, 0.2) is 64.5 Å². The zero-order valence-corrected chi connectivity index (χ0v) is 18.4. The molecule has 5 N–H and O–H groups in total. The molecule has 0 aliphatic carbocycles. The van der Waals surface area contributed by atoms with E-state index in [1.54, 1.807) is 36.4 Å². The molecule has 1 aliphatic rings. The van der Waals surface area contributed by atoms with Gasteiger partial charge in [0.2, 0.25) is 5.91 Å². The first-order chi connectivity index (χ1) is 15.3. The van der Waals surface area contributed by atoms with Crippen LogP contribution in [0.4, 0.5) is 10.5 Å². The van der Waals surface area contributed by atoms with E-state index in [1.165, 1.54) is 12.1 Å². The molecule has 1 heterocycles. The summed E-state index contributed by atoms with van der Waals surface area (Å²) in [6.07, 6.45) is 3.37. The molecule has 170 valence electrons. The third-order valence-corrected chi connectivity index (χ3v) is 6.34. The van der Waals surface area contributed by atoms with Gasteiger partial charge in [-0.2, -0.15) is 0 Å². The van der Waals surface area contributed by atoms with Crippen LogP contribution in [0.1, 0.15) is 43.7 Å². The van der Waals surface area contributed by atoms with E-state index in [-0.39, 0.29) is 11.3 Å². The van der Waals surface area contributed by atoms with Gasteiger partial charge in [-0.1, -0.05) is 42.8 Å². The second-order valence-corrected chi connectivity index (χ2v) is 9.18. The molecule has 0 radical (unpaired) electrons. The summed E-state index contributed by atoms with van der Waals surface area (Å²) < 4.78 is 28.1. The van der Waals surface area contributed by atoms with Crippen LogP contribution in [0.2, 0.25) is 0 Å². The smallest absolute Gasteiger partial charge is 0.312 e. The first kappa shape index (κ1) is 23.3. The van der Waals surface area contributed by atoms with Crippen molar-refractivity contribution in [3.05, 3.63) is 60.2 Å². The molecular formula is C22H27N5O4S.